The smallest absolute Gasteiger partial charge is 0.219 e. The number of benzene rings is 1. The maximum atomic E-state index is 11.0. The highest BCUT2D eigenvalue weighted by Gasteiger charge is 2.19. The van der Waals surface area contributed by atoms with Crippen LogP contribution < -0.4 is 11.1 Å². The van der Waals surface area contributed by atoms with Crippen LogP contribution in [0.2, 0.25) is 0 Å². The second kappa shape index (κ2) is 5.88. The highest BCUT2D eigenvalue weighted by molar-refractivity contribution is 5.75. The summed E-state index contributed by atoms with van der Waals surface area (Å²) in [6.07, 6.45) is 5.74. The Morgan fingerprint density at radius 1 is 1.35 bits per heavy atom. The quantitative estimate of drug-likeness (QED) is 0.839. The fraction of sp³-hybridized carbons (Fsp3) is 0.333. The van der Waals surface area contributed by atoms with Gasteiger partial charge in [-0.1, -0.05) is 12.1 Å². The predicted molar refractivity (Wildman–Crippen MR) is 78.3 cm³/mol. The first-order valence-corrected chi connectivity index (χ1v) is 6.57. The zero-order chi connectivity index (χ0) is 14.6. The van der Waals surface area contributed by atoms with Gasteiger partial charge in [0.05, 0.1) is 6.33 Å². The second-order valence-corrected chi connectivity index (χ2v) is 5.52. The Labute approximate surface area is 118 Å². The van der Waals surface area contributed by atoms with Crippen molar-refractivity contribution in [3.8, 4) is 5.69 Å². The Morgan fingerprint density at radius 2 is 2.05 bits per heavy atom. The first kappa shape index (κ1) is 14.3. The molecule has 0 aliphatic carbocycles. The van der Waals surface area contributed by atoms with E-state index in [-0.39, 0.29) is 11.4 Å². The summed E-state index contributed by atoms with van der Waals surface area (Å²) >= 11 is 0. The third-order valence-corrected chi connectivity index (χ3v) is 3.13. The largest absolute Gasteiger partial charge is 0.370 e. The van der Waals surface area contributed by atoms with Crippen molar-refractivity contribution in [3.05, 3.63) is 48.5 Å². The number of nitrogens with one attached hydrogen (secondary N) is 1. The van der Waals surface area contributed by atoms with Gasteiger partial charge in [-0.2, -0.15) is 0 Å². The van der Waals surface area contributed by atoms with E-state index in [4.69, 9.17) is 5.73 Å². The van der Waals surface area contributed by atoms with E-state index < -0.39 is 0 Å². The number of nitrogens with two attached hydrogens (primary N) is 1. The molecule has 0 saturated carbocycles. The predicted octanol–water partition coefficient (Wildman–Crippen LogP) is 1.62. The minimum absolute atomic E-state index is 0.294. The third-order valence-electron chi connectivity index (χ3n) is 3.13. The second-order valence-electron chi connectivity index (χ2n) is 5.52. The standard InChI is InChI=1S/C15H20N4O/c1-15(2,9-14(16)20)18-10-12-3-5-13(6-4-12)19-8-7-17-11-19/h3-8,11,18H,9-10H2,1-2H3,(H2,16,20). The topological polar surface area (TPSA) is 72.9 Å². The molecule has 3 N–H and O–H groups in total. The van der Waals surface area contributed by atoms with Crippen LogP contribution in [-0.2, 0) is 11.3 Å². The summed E-state index contributed by atoms with van der Waals surface area (Å²) in [4.78, 5) is 15.0. The molecule has 5 heteroatoms. The summed E-state index contributed by atoms with van der Waals surface area (Å²) < 4.78 is 1.95. The fourth-order valence-electron chi connectivity index (χ4n) is 2.04. The Hall–Kier alpha value is -2.14. The molecule has 1 aromatic carbocycles. The van der Waals surface area contributed by atoms with Crippen LogP contribution >= 0.6 is 0 Å². The number of primary amides is 1. The number of aromatic nitrogens is 2. The van der Waals surface area contributed by atoms with Gasteiger partial charge < -0.3 is 15.6 Å². The summed E-state index contributed by atoms with van der Waals surface area (Å²) in [6, 6.07) is 8.20. The van der Waals surface area contributed by atoms with Gasteiger partial charge in [-0.25, -0.2) is 4.98 Å². The maximum absolute atomic E-state index is 11.0. The van der Waals surface area contributed by atoms with E-state index >= 15 is 0 Å². The first-order valence-electron chi connectivity index (χ1n) is 6.57. The number of rotatable bonds is 6. The van der Waals surface area contributed by atoms with Crippen molar-refractivity contribution in [1.29, 1.82) is 0 Å². The van der Waals surface area contributed by atoms with Crippen molar-refractivity contribution >= 4 is 5.91 Å². The van der Waals surface area contributed by atoms with Crippen molar-refractivity contribution in [3.63, 3.8) is 0 Å². The van der Waals surface area contributed by atoms with Gasteiger partial charge in [-0.15, -0.1) is 0 Å². The Balaban J connectivity index is 1.96. The van der Waals surface area contributed by atoms with Gasteiger partial charge in [0, 0.05) is 36.6 Å². The van der Waals surface area contributed by atoms with Gasteiger partial charge in [-0.3, -0.25) is 4.79 Å². The van der Waals surface area contributed by atoms with Crippen LogP contribution in [0.3, 0.4) is 0 Å². The number of hydrogen-bond acceptors (Lipinski definition) is 3. The summed E-state index contributed by atoms with van der Waals surface area (Å²) in [5.41, 5.74) is 7.17. The molecule has 0 atom stereocenters. The number of amides is 1. The summed E-state index contributed by atoms with van der Waals surface area (Å²) in [6.45, 7) is 4.64. The van der Waals surface area contributed by atoms with Crippen LogP contribution in [-0.4, -0.2) is 21.0 Å². The van der Waals surface area contributed by atoms with Crippen LogP contribution in [0.25, 0.3) is 5.69 Å². The molecule has 2 aromatic rings. The normalized spacial score (nSPS) is 11.5. The molecular weight excluding hydrogens is 252 g/mol. The number of carbonyl (C=O) groups is 1. The molecule has 0 bridgehead atoms. The van der Waals surface area contributed by atoms with Gasteiger partial charge in [0.2, 0.25) is 5.91 Å². The van der Waals surface area contributed by atoms with Crippen LogP contribution in [0.1, 0.15) is 25.8 Å². The van der Waals surface area contributed by atoms with E-state index in [2.05, 4.69) is 22.4 Å². The molecule has 0 aliphatic rings. The number of hydrogen-bond donors (Lipinski definition) is 2. The summed E-state index contributed by atoms with van der Waals surface area (Å²) in [7, 11) is 0. The highest BCUT2D eigenvalue weighted by Crippen LogP contribution is 2.12. The van der Waals surface area contributed by atoms with Crippen molar-refractivity contribution in [2.45, 2.75) is 32.4 Å². The van der Waals surface area contributed by atoms with E-state index in [0.717, 1.165) is 11.3 Å². The monoisotopic (exact) mass is 272 g/mol. The molecule has 20 heavy (non-hydrogen) atoms. The van der Waals surface area contributed by atoms with Gasteiger partial charge in [0.15, 0.2) is 0 Å². The average molecular weight is 272 g/mol. The van der Waals surface area contributed by atoms with E-state index in [1.807, 2.05) is 36.7 Å². The molecule has 0 saturated heterocycles. The molecule has 1 amide bonds. The Kier molecular flexibility index (Phi) is 4.20. The lowest BCUT2D eigenvalue weighted by Gasteiger charge is -2.25. The highest BCUT2D eigenvalue weighted by atomic mass is 16.1. The minimum Gasteiger partial charge on any atom is -0.370 e. The number of nitrogens with zero attached hydrogens (tertiary/aromatic N) is 2. The van der Waals surface area contributed by atoms with Gasteiger partial charge >= 0.3 is 0 Å². The van der Waals surface area contributed by atoms with Crippen molar-refractivity contribution < 1.29 is 4.79 Å². The van der Waals surface area contributed by atoms with Gasteiger partial charge in [0.1, 0.15) is 0 Å². The maximum Gasteiger partial charge on any atom is 0.219 e. The lowest BCUT2D eigenvalue weighted by atomic mass is 10.00. The van der Waals surface area contributed by atoms with Crippen LogP contribution in [0.4, 0.5) is 0 Å². The molecule has 0 aliphatic heterocycles. The van der Waals surface area contributed by atoms with Gasteiger partial charge in [0.25, 0.3) is 0 Å². The third kappa shape index (κ3) is 3.93. The molecule has 106 valence electrons. The molecule has 0 radical (unpaired) electrons. The summed E-state index contributed by atoms with van der Waals surface area (Å²) in [5, 5.41) is 3.34. The Morgan fingerprint density at radius 3 is 2.60 bits per heavy atom. The van der Waals surface area contributed by atoms with E-state index in [9.17, 15) is 4.79 Å². The van der Waals surface area contributed by atoms with Crippen LogP contribution in [0, 0.1) is 0 Å². The van der Waals surface area contributed by atoms with E-state index in [1.54, 1.807) is 12.5 Å². The SMILES string of the molecule is CC(C)(CC(N)=O)NCc1ccc(-n2ccnc2)cc1. The van der Waals surface area contributed by atoms with Crippen LogP contribution in [0.15, 0.2) is 43.0 Å². The van der Waals surface area contributed by atoms with E-state index in [0.29, 0.717) is 13.0 Å². The molecule has 2 rings (SSSR count). The van der Waals surface area contributed by atoms with E-state index in [1.165, 1.54) is 0 Å². The lowest BCUT2D eigenvalue weighted by Crippen LogP contribution is -2.42. The first-order chi connectivity index (χ1) is 9.46. The summed E-state index contributed by atoms with van der Waals surface area (Å²) in [5.74, 6) is -0.294. The minimum atomic E-state index is -0.297. The molecule has 0 unspecified atom stereocenters. The van der Waals surface area contributed by atoms with Gasteiger partial charge in [-0.05, 0) is 31.5 Å². The van der Waals surface area contributed by atoms with Crippen molar-refractivity contribution in [1.82, 2.24) is 14.9 Å². The molecule has 5 nitrogen and oxygen atoms in total. The zero-order valence-corrected chi connectivity index (χ0v) is 11.8. The van der Waals surface area contributed by atoms with Crippen molar-refractivity contribution in [2.24, 2.45) is 5.73 Å². The van der Waals surface area contributed by atoms with Crippen LogP contribution in [0.5, 0.6) is 0 Å². The van der Waals surface area contributed by atoms with Crippen molar-refractivity contribution in [2.75, 3.05) is 0 Å². The number of imidazole rings is 1. The zero-order valence-electron chi connectivity index (χ0n) is 11.8. The molecule has 0 spiro atoms. The fourth-order valence-corrected chi connectivity index (χ4v) is 2.04. The number of carbonyl (C=O) groups excluding carboxylic acids is 1. The molecule has 1 heterocycles. The lowest BCUT2D eigenvalue weighted by molar-refractivity contribution is -0.119. The Bertz CT molecular complexity index is 558. The average Bonchev–Trinajstić information content (AvgIpc) is 2.89. The molecule has 0 fully saturated rings. The molecular formula is C15H20N4O. The molecule has 1 aromatic heterocycles.